The number of hydrogen-bond acceptors (Lipinski definition) is 3. The molecule has 1 aliphatic heterocycles. The van der Waals surface area contributed by atoms with Crippen LogP contribution < -0.4 is 0 Å². The third kappa shape index (κ3) is 3.29. The number of H-pyrrole nitrogens is 1. The van der Waals surface area contributed by atoms with Gasteiger partial charge in [-0.3, -0.25) is 9.89 Å². The van der Waals surface area contributed by atoms with Gasteiger partial charge in [0, 0.05) is 37.5 Å². The molecule has 2 heterocycles. The maximum absolute atomic E-state index is 12.8. The highest BCUT2D eigenvalue weighted by atomic mass is 19.4. The molecule has 1 aromatic rings. The third-order valence-corrected chi connectivity index (χ3v) is 5.27. The molecular formula is C16H22F3N3O2. The molecule has 134 valence electrons. The zero-order valence-corrected chi connectivity index (χ0v) is 13.4. The predicted molar refractivity (Wildman–Crippen MR) is 80.6 cm³/mol. The molecule has 0 radical (unpaired) electrons. The largest absolute Gasteiger partial charge is 0.417 e. The first-order valence-corrected chi connectivity index (χ1v) is 8.44. The van der Waals surface area contributed by atoms with Crippen LogP contribution >= 0.6 is 0 Å². The summed E-state index contributed by atoms with van der Waals surface area (Å²) in [7, 11) is 0. The third-order valence-electron chi connectivity index (χ3n) is 5.27. The van der Waals surface area contributed by atoms with E-state index in [2.05, 4.69) is 10.2 Å². The first-order chi connectivity index (χ1) is 11.3. The average Bonchev–Trinajstić information content (AvgIpc) is 3.05. The van der Waals surface area contributed by atoms with E-state index in [1.165, 1.54) is 11.3 Å². The normalized spacial score (nSPS) is 22.6. The second-order valence-electron chi connectivity index (χ2n) is 6.87. The molecule has 0 spiro atoms. The number of carbonyl (C=O) groups is 1. The molecule has 1 saturated heterocycles. The SMILES string of the molecule is O=C(c1cc(C2CCCCC2)[nH]n1)N1CCC(O)(C(F)(F)F)CC1. The number of hydrogen-bond donors (Lipinski definition) is 2. The molecule has 0 atom stereocenters. The topological polar surface area (TPSA) is 69.2 Å². The number of aromatic amines is 1. The lowest BCUT2D eigenvalue weighted by atomic mass is 9.87. The van der Waals surface area contributed by atoms with E-state index < -0.39 is 24.6 Å². The van der Waals surface area contributed by atoms with E-state index in [-0.39, 0.29) is 24.7 Å². The fourth-order valence-electron chi connectivity index (χ4n) is 3.59. The Kier molecular flexibility index (Phi) is 4.59. The number of likely N-dealkylation sites (tertiary alicyclic amines) is 1. The lowest BCUT2D eigenvalue weighted by molar-refractivity contribution is -0.271. The summed E-state index contributed by atoms with van der Waals surface area (Å²) < 4.78 is 38.4. The molecule has 2 aliphatic rings. The fraction of sp³-hybridized carbons (Fsp3) is 0.750. The second kappa shape index (κ2) is 6.38. The van der Waals surface area contributed by atoms with Crippen molar-refractivity contribution < 1.29 is 23.1 Å². The van der Waals surface area contributed by atoms with Crippen LogP contribution in [0.15, 0.2) is 6.07 Å². The average molecular weight is 345 g/mol. The van der Waals surface area contributed by atoms with Gasteiger partial charge in [0.1, 0.15) is 5.69 Å². The van der Waals surface area contributed by atoms with Crippen LogP contribution in [0, 0.1) is 0 Å². The summed E-state index contributed by atoms with van der Waals surface area (Å²) in [6, 6.07) is 1.73. The minimum Gasteiger partial charge on any atom is -0.380 e. The predicted octanol–water partition coefficient (Wildman–Crippen LogP) is 2.99. The van der Waals surface area contributed by atoms with Crippen molar-refractivity contribution in [2.45, 2.75) is 62.6 Å². The van der Waals surface area contributed by atoms with Gasteiger partial charge in [-0.25, -0.2) is 0 Å². The first-order valence-electron chi connectivity index (χ1n) is 8.44. The van der Waals surface area contributed by atoms with E-state index in [4.69, 9.17) is 0 Å². The van der Waals surface area contributed by atoms with Crippen molar-refractivity contribution in [2.75, 3.05) is 13.1 Å². The summed E-state index contributed by atoms with van der Waals surface area (Å²) in [4.78, 5) is 13.8. The summed E-state index contributed by atoms with van der Waals surface area (Å²) >= 11 is 0. The highest BCUT2D eigenvalue weighted by molar-refractivity contribution is 5.92. The number of amides is 1. The van der Waals surface area contributed by atoms with Crippen LogP contribution in [0.2, 0.25) is 0 Å². The molecule has 1 aromatic heterocycles. The number of nitrogens with one attached hydrogen (secondary N) is 1. The van der Waals surface area contributed by atoms with Gasteiger partial charge in [-0.05, 0) is 18.9 Å². The number of aromatic nitrogens is 2. The molecule has 3 rings (SSSR count). The van der Waals surface area contributed by atoms with Gasteiger partial charge < -0.3 is 10.0 Å². The Bertz CT molecular complexity index is 586. The number of rotatable bonds is 2. The molecule has 2 N–H and O–H groups in total. The highest BCUT2D eigenvalue weighted by Crippen LogP contribution is 2.38. The van der Waals surface area contributed by atoms with Crippen LogP contribution in [0.4, 0.5) is 13.2 Å². The number of halogens is 3. The Balaban J connectivity index is 1.63. The van der Waals surface area contributed by atoms with Crippen LogP contribution in [0.3, 0.4) is 0 Å². The van der Waals surface area contributed by atoms with Gasteiger partial charge in [0.05, 0.1) is 0 Å². The summed E-state index contributed by atoms with van der Waals surface area (Å²) in [5.41, 5.74) is -1.52. The Labute approximate surface area is 138 Å². The Morgan fingerprint density at radius 1 is 1.25 bits per heavy atom. The van der Waals surface area contributed by atoms with E-state index in [1.807, 2.05) is 0 Å². The first kappa shape index (κ1) is 17.3. The number of carbonyl (C=O) groups excluding carboxylic acids is 1. The van der Waals surface area contributed by atoms with Crippen molar-refractivity contribution in [3.05, 3.63) is 17.5 Å². The molecule has 24 heavy (non-hydrogen) atoms. The minimum absolute atomic E-state index is 0.125. The molecule has 0 unspecified atom stereocenters. The lowest BCUT2D eigenvalue weighted by Crippen LogP contribution is -2.54. The molecule has 1 aliphatic carbocycles. The zero-order valence-electron chi connectivity index (χ0n) is 13.4. The van der Waals surface area contributed by atoms with Gasteiger partial charge in [0.25, 0.3) is 5.91 Å². The molecule has 2 fully saturated rings. The molecule has 0 aromatic carbocycles. The van der Waals surface area contributed by atoms with Crippen LogP contribution in [0.1, 0.15) is 67.0 Å². The van der Waals surface area contributed by atoms with E-state index in [0.29, 0.717) is 5.92 Å². The van der Waals surface area contributed by atoms with Crippen molar-refractivity contribution >= 4 is 5.91 Å². The number of alkyl halides is 3. The summed E-state index contributed by atoms with van der Waals surface area (Å²) in [6.45, 7) is -0.249. The van der Waals surface area contributed by atoms with Crippen molar-refractivity contribution in [3.8, 4) is 0 Å². The Morgan fingerprint density at radius 3 is 2.46 bits per heavy atom. The molecule has 0 bridgehead atoms. The van der Waals surface area contributed by atoms with Crippen LogP contribution in [0.5, 0.6) is 0 Å². The zero-order chi connectivity index (χ0) is 17.4. The maximum atomic E-state index is 12.8. The van der Waals surface area contributed by atoms with Crippen molar-refractivity contribution in [1.82, 2.24) is 15.1 Å². The Hall–Kier alpha value is -1.57. The van der Waals surface area contributed by atoms with Gasteiger partial charge in [-0.1, -0.05) is 19.3 Å². The quantitative estimate of drug-likeness (QED) is 0.866. The van der Waals surface area contributed by atoms with Gasteiger partial charge in [-0.2, -0.15) is 18.3 Å². The Morgan fingerprint density at radius 2 is 1.88 bits per heavy atom. The molecule has 5 nitrogen and oxygen atoms in total. The smallest absolute Gasteiger partial charge is 0.380 e. The highest BCUT2D eigenvalue weighted by Gasteiger charge is 2.55. The van der Waals surface area contributed by atoms with Gasteiger partial charge in [-0.15, -0.1) is 0 Å². The number of nitrogens with zero attached hydrogens (tertiary/aromatic N) is 2. The lowest BCUT2D eigenvalue weighted by Gasteiger charge is -2.38. The maximum Gasteiger partial charge on any atom is 0.417 e. The van der Waals surface area contributed by atoms with E-state index in [9.17, 15) is 23.1 Å². The van der Waals surface area contributed by atoms with Crippen molar-refractivity contribution in [2.24, 2.45) is 0 Å². The summed E-state index contributed by atoms with van der Waals surface area (Å²) in [5.74, 6) is 0.00186. The van der Waals surface area contributed by atoms with Gasteiger partial charge >= 0.3 is 6.18 Å². The minimum atomic E-state index is -4.66. The van der Waals surface area contributed by atoms with E-state index >= 15 is 0 Å². The fourth-order valence-corrected chi connectivity index (χ4v) is 3.59. The van der Waals surface area contributed by atoms with E-state index in [1.54, 1.807) is 6.07 Å². The van der Waals surface area contributed by atoms with Gasteiger partial charge in [0.15, 0.2) is 5.60 Å². The van der Waals surface area contributed by atoms with Crippen LogP contribution in [-0.2, 0) is 0 Å². The van der Waals surface area contributed by atoms with Crippen LogP contribution in [0.25, 0.3) is 0 Å². The summed E-state index contributed by atoms with van der Waals surface area (Å²) in [6.07, 6.45) is 0.0276. The number of piperidine rings is 1. The van der Waals surface area contributed by atoms with E-state index in [0.717, 1.165) is 31.4 Å². The van der Waals surface area contributed by atoms with Crippen molar-refractivity contribution in [1.29, 1.82) is 0 Å². The van der Waals surface area contributed by atoms with Crippen LogP contribution in [-0.4, -0.2) is 51.0 Å². The molecule has 1 amide bonds. The molecule has 8 heteroatoms. The summed E-state index contributed by atoms with van der Waals surface area (Å²) in [5, 5.41) is 16.6. The second-order valence-corrected chi connectivity index (χ2v) is 6.87. The number of aliphatic hydroxyl groups is 1. The molecular weight excluding hydrogens is 323 g/mol. The molecule has 1 saturated carbocycles. The monoisotopic (exact) mass is 345 g/mol. The van der Waals surface area contributed by atoms with Crippen molar-refractivity contribution in [3.63, 3.8) is 0 Å². The van der Waals surface area contributed by atoms with Gasteiger partial charge in [0.2, 0.25) is 0 Å². The standard InChI is InChI=1S/C16H22F3N3O2/c17-16(18,19)15(24)6-8-22(9-7-15)14(23)13-10-12(20-21-13)11-4-2-1-3-5-11/h10-11,24H,1-9H2,(H,20,21).